The fraction of sp³-hybridized carbons (Fsp3) is 0.467. The van der Waals surface area contributed by atoms with Crippen LogP contribution in [-0.4, -0.2) is 42.8 Å². The summed E-state index contributed by atoms with van der Waals surface area (Å²) in [6, 6.07) is 5.59. The molecule has 0 spiro atoms. The molecule has 0 aromatic heterocycles. The second kappa shape index (κ2) is 4.68. The summed E-state index contributed by atoms with van der Waals surface area (Å²) in [5, 5.41) is 0. The van der Waals surface area contributed by atoms with Crippen LogP contribution in [0.1, 0.15) is 29.8 Å². The number of carbonyl (C=O) groups excluding carboxylic acids is 2. The molecule has 1 aliphatic heterocycles. The van der Waals surface area contributed by atoms with Gasteiger partial charge in [-0.1, -0.05) is 0 Å². The number of nitrogens with zero attached hydrogens (tertiary/aromatic N) is 2. The van der Waals surface area contributed by atoms with E-state index in [1.807, 2.05) is 40.0 Å². The molecule has 1 aromatic rings. The monoisotopic (exact) mass is 260 g/mol. The molecule has 1 amide bonds. The van der Waals surface area contributed by atoms with Crippen LogP contribution in [0.4, 0.5) is 5.69 Å². The number of hydrogen-bond donors (Lipinski definition) is 0. The first-order valence-electron chi connectivity index (χ1n) is 6.47. The SMILES string of the molecule is Cc1cc(C=O)ccc1N1CCN(C)C(=O)C1(C)C. The molecule has 1 heterocycles. The van der Waals surface area contributed by atoms with E-state index in [1.165, 1.54) is 0 Å². The summed E-state index contributed by atoms with van der Waals surface area (Å²) < 4.78 is 0. The maximum Gasteiger partial charge on any atom is 0.247 e. The molecule has 1 aromatic carbocycles. The highest BCUT2D eigenvalue weighted by molar-refractivity contribution is 5.91. The van der Waals surface area contributed by atoms with Gasteiger partial charge in [-0.25, -0.2) is 0 Å². The third kappa shape index (κ3) is 2.23. The minimum absolute atomic E-state index is 0.123. The van der Waals surface area contributed by atoms with E-state index in [4.69, 9.17) is 0 Å². The van der Waals surface area contributed by atoms with Crippen LogP contribution in [0.5, 0.6) is 0 Å². The molecule has 4 heteroatoms. The maximum atomic E-state index is 12.3. The Balaban J connectivity index is 2.41. The average molecular weight is 260 g/mol. The molecule has 19 heavy (non-hydrogen) atoms. The highest BCUT2D eigenvalue weighted by Crippen LogP contribution is 2.31. The van der Waals surface area contributed by atoms with Crippen molar-refractivity contribution < 1.29 is 9.59 Å². The van der Waals surface area contributed by atoms with Crippen LogP contribution in [0.15, 0.2) is 18.2 Å². The van der Waals surface area contributed by atoms with Gasteiger partial charge in [0.1, 0.15) is 11.8 Å². The van der Waals surface area contributed by atoms with Gasteiger partial charge in [-0.05, 0) is 44.5 Å². The zero-order chi connectivity index (χ0) is 14.2. The normalized spacial score (nSPS) is 18.6. The van der Waals surface area contributed by atoms with E-state index in [2.05, 4.69) is 4.90 Å². The van der Waals surface area contributed by atoms with Crippen molar-refractivity contribution in [1.82, 2.24) is 4.90 Å². The van der Waals surface area contributed by atoms with Gasteiger partial charge in [0.25, 0.3) is 0 Å². The van der Waals surface area contributed by atoms with Crippen LogP contribution in [0.25, 0.3) is 0 Å². The maximum absolute atomic E-state index is 12.3. The fourth-order valence-corrected chi connectivity index (χ4v) is 2.69. The van der Waals surface area contributed by atoms with Crippen LogP contribution in [0.2, 0.25) is 0 Å². The van der Waals surface area contributed by atoms with Crippen LogP contribution >= 0.6 is 0 Å². The quantitative estimate of drug-likeness (QED) is 0.762. The third-order valence-corrected chi connectivity index (χ3v) is 3.85. The lowest BCUT2D eigenvalue weighted by Gasteiger charge is -2.46. The molecular weight excluding hydrogens is 240 g/mol. The van der Waals surface area contributed by atoms with Gasteiger partial charge in [0, 0.05) is 31.4 Å². The summed E-state index contributed by atoms with van der Waals surface area (Å²) in [6.07, 6.45) is 0.844. The van der Waals surface area contributed by atoms with Gasteiger partial charge in [-0.2, -0.15) is 0 Å². The topological polar surface area (TPSA) is 40.6 Å². The lowest BCUT2D eigenvalue weighted by molar-refractivity contribution is -0.136. The molecule has 0 aliphatic carbocycles. The van der Waals surface area contributed by atoms with Crippen molar-refractivity contribution in [3.8, 4) is 0 Å². The molecular formula is C15H20N2O2. The van der Waals surface area contributed by atoms with Crippen LogP contribution in [-0.2, 0) is 4.79 Å². The molecule has 102 valence electrons. The Kier molecular flexibility index (Phi) is 3.35. The lowest BCUT2D eigenvalue weighted by atomic mass is 9.95. The predicted octanol–water partition coefficient (Wildman–Crippen LogP) is 1.86. The summed E-state index contributed by atoms with van der Waals surface area (Å²) in [7, 11) is 1.84. The van der Waals surface area contributed by atoms with Gasteiger partial charge < -0.3 is 9.80 Å². The largest absolute Gasteiger partial charge is 0.355 e. The Morgan fingerprint density at radius 1 is 1.26 bits per heavy atom. The highest BCUT2D eigenvalue weighted by atomic mass is 16.2. The van der Waals surface area contributed by atoms with E-state index in [0.717, 1.165) is 30.6 Å². The van der Waals surface area contributed by atoms with E-state index in [1.54, 1.807) is 11.0 Å². The molecule has 0 bridgehead atoms. The summed E-state index contributed by atoms with van der Waals surface area (Å²) in [5.41, 5.74) is 2.16. The van der Waals surface area contributed by atoms with Crippen LogP contribution in [0, 0.1) is 6.92 Å². The van der Waals surface area contributed by atoms with Crippen molar-refractivity contribution >= 4 is 17.9 Å². The van der Waals surface area contributed by atoms with Crippen molar-refractivity contribution in [3.63, 3.8) is 0 Å². The molecule has 4 nitrogen and oxygen atoms in total. The van der Waals surface area contributed by atoms with Crippen molar-refractivity contribution in [3.05, 3.63) is 29.3 Å². The summed E-state index contributed by atoms with van der Waals surface area (Å²) in [5.74, 6) is 0.123. The molecule has 1 aliphatic rings. The van der Waals surface area contributed by atoms with E-state index >= 15 is 0 Å². The second-order valence-corrected chi connectivity index (χ2v) is 5.60. The third-order valence-electron chi connectivity index (χ3n) is 3.85. The number of piperazine rings is 1. The molecule has 0 unspecified atom stereocenters. The number of aryl methyl sites for hydroxylation is 1. The molecule has 1 fully saturated rings. The first-order valence-corrected chi connectivity index (χ1v) is 6.47. The number of rotatable bonds is 2. The van der Waals surface area contributed by atoms with Crippen molar-refractivity contribution in [2.24, 2.45) is 0 Å². The Bertz CT molecular complexity index is 523. The molecule has 2 rings (SSSR count). The summed E-state index contributed by atoms with van der Waals surface area (Å²) in [6.45, 7) is 7.38. The van der Waals surface area contributed by atoms with Gasteiger partial charge in [-0.3, -0.25) is 9.59 Å². The number of benzene rings is 1. The number of carbonyl (C=O) groups is 2. The van der Waals surface area contributed by atoms with Crippen molar-refractivity contribution in [2.75, 3.05) is 25.0 Å². The van der Waals surface area contributed by atoms with E-state index in [-0.39, 0.29) is 5.91 Å². The fourth-order valence-electron chi connectivity index (χ4n) is 2.69. The zero-order valence-electron chi connectivity index (χ0n) is 11.9. The number of aldehydes is 1. The Morgan fingerprint density at radius 3 is 2.53 bits per heavy atom. The van der Waals surface area contributed by atoms with Crippen LogP contribution in [0.3, 0.4) is 0 Å². The number of hydrogen-bond acceptors (Lipinski definition) is 3. The second-order valence-electron chi connectivity index (χ2n) is 5.60. The molecule has 0 radical (unpaired) electrons. The molecule has 0 N–H and O–H groups in total. The minimum atomic E-state index is -0.555. The van der Waals surface area contributed by atoms with E-state index in [9.17, 15) is 9.59 Å². The predicted molar refractivity (Wildman–Crippen MR) is 75.6 cm³/mol. The van der Waals surface area contributed by atoms with E-state index < -0.39 is 5.54 Å². The zero-order valence-corrected chi connectivity index (χ0v) is 11.9. The smallest absolute Gasteiger partial charge is 0.247 e. The molecule has 1 saturated heterocycles. The van der Waals surface area contributed by atoms with Crippen molar-refractivity contribution in [1.29, 1.82) is 0 Å². The average Bonchev–Trinajstić information content (AvgIpc) is 2.37. The standard InChI is InChI=1S/C15H20N2O2/c1-11-9-12(10-18)5-6-13(11)17-8-7-16(4)14(19)15(17,2)3/h5-6,9-10H,7-8H2,1-4H3. The number of anilines is 1. The number of likely N-dealkylation sites (N-methyl/N-ethyl adjacent to an activating group) is 1. The molecule has 0 atom stereocenters. The first-order chi connectivity index (χ1) is 8.87. The van der Waals surface area contributed by atoms with Gasteiger partial charge >= 0.3 is 0 Å². The Morgan fingerprint density at radius 2 is 1.95 bits per heavy atom. The molecule has 0 saturated carbocycles. The highest BCUT2D eigenvalue weighted by Gasteiger charge is 2.40. The Labute approximate surface area is 114 Å². The Hall–Kier alpha value is -1.84. The summed E-state index contributed by atoms with van der Waals surface area (Å²) >= 11 is 0. The van der Waals surface area contributed by atoms with Crippen molar-refractivity contribution in [2.45, 2.75) is 26.3 Å². The van der Waals surface area contributed by atoms with Gasteiger partial charge in [0.15, 0.2) is 0 Å². The first kappa shape index (κ1) is 13.6. The van der Waals surface area contributed by atoms with E-state index in [0.29, 0.717) is 5.56 Å². The van der Waals surface area contributed by atoms with Gasteiger partial charge in [-0.15, -0.1) is 0 Å². The minimum Gasteiger partial charge on any atom is -0.355 e. The summed E-state index contributed by atoms with van der Waals surface area (Å²) in [4.78, 5) is 27.0. The number of amides is 1. The van der Waals surface area contributed by atoms with Gasteiger partial charge in [0.2, 0.25) is 5.91 Å². The lowest BCUT2D eigenvalue weighted by Crippen LogP contribution is -2.62. The van der Waals surface area contributed by atoms with Crippen LogP contribution < -0.4 is 4.90 Å². The van der Waals surface area contributed by atoms with Gasteiger partial charge in [0.05, 0.1) is 0 Å².